The molecule has 0 aliphatic rings. The van der Waals surface area contributed by atoms with Gasteiger partial charge in [-0.2, -0.15) is 0 Å². The number of hydrogen-bond acceptors (Lipinski definition) is 5. The van der Waals surface area contributed by atoms with Crippen molar-refractivity contribution in [2.45, 2.75) is 34.6 Å². The second-order valence-corrected chi connectivity index (χ2v) is 8.76. The molecule has 7 heteroatoms. The monoisotopic (exact) mass is 351 g/mol. The maximum Gasteiger partial charge on any atom is 0.216 e. The summed E-state index contributed by atoms with van der Waals surface area (Å²) in [6.07, 6.45) is 0. The smallest absolute Gasteiger partial charge is 0.216 e. The number of nitrogens with one attached hydrogen (secondary N) is 1. The minimum atomic E-state index is -0.802. The number of ether oxygens (including phenoxy) is 2. The SMILES string of the molecule is COP(C)OCC(C)(C)COCC(C)(C)COCCNC(C)=O. The molecule has 1 amide bonds. The van der Waals surface area contributed by atoms with E-state index >= 15 is 0 Å². The van der Waals surface area contributed by atoms with Gasteiger partial charge in [-0.15, -0.1) is 0 Å². The van der Waals surface area contributed by atoms with Crippen LogP contribution in [0.25, 0.3) is 0 Å². The molecular formula is C16H34NO5P. The normalized spacial score (nSPS) is 13.9. The van der Waals surface area contributed by atoms with E-state index in [-0.39, 0.29) is 16.7 Å². The van der Waals surface area contributed by atoms with Crippen molar-refractivity contribution in [2.24, 2.45) is 10.8 Å². The first-order valence-corrected chi connectivity index (χ1v) is 9.51. The zero-order chi connectivity index (χ0) is 17.9. The average Bonchev–Trinajstić information content (AvgIpc) is 2.43. The van der Waals surface area contributed by atoms with Crippen molar-refractivity contribution in [2.75, 3.05) is 53.4 Å². The molecule has 0 aromatic heterocycles. The summed E-state index contributed by atoms with van der Waals surface area (Å²) in [6, 6.07) is 0. The van der Waals surface area contributed by atoms with Crippen LogP contribution in [0.3, 0.4) is 0 Å². The van der Waals surface area contributed by atoms with Crippen LogP contribution in [-0.4, -0.2) is 59.3 Å². The van der Waals surface area contributed by atoms with Crippen LogP contribution in [0.15, 0.2) is 0 Å². The van der Waals surface area contributed by atoms with Gasteiger partial charge in [0.25, 0.3) is 0 Å². The molecule has 6 nitrogen and oxygen atoms in total. The molecule has 0 spiro atoms. The molecule has 0 rings (SSSR count). The first-order valence-electron chi connectivity index (χ1n) is 7.89. The van der Waals surface area contributed by atoms with Crippen molar-refractivity contribution in [3.63, 3.8) is 0 Å². The van der Waals surface area contributed by atoms with Crippen LogP contribution < -0.4 is 5.32 Å². The Hall–Kier alpha value is -0.260. The second kappa shape index (κ2) is 11.3. The molecule has 1 unspecified atom stereocenters. The van der Waals surface area contributed by atoms with Crippen LogP contribution in [0.2, 0.25) is 0 Å². The highest BCUT2D eigenvalue weighted by Crippen LogP contribution is 2.34. The number of hydrogen-bond donors (Lipinski definition) is 1. The molecule has 0 heterocycles. The maximum absolute atomic E-state index is 10.8. The Morgan fingerprint density at radius 3 is 2.04 bits per heavy atom. The molecule has 0 saturated heterocycles. The molecule has 0 aliphatic carbocycles. The maximum atomic E-state index is 10.8. The largest absolute Gasteiger partial charge is 0.380 e. The molecular weight excluding hydrogens is 317 g/mol. The Morgan fingerprint density at radius 2 is 1.52 bits per heavy atom. The van der Waals surface area contributed by atoms with Gasteiger partial charge in [-0.05, 0) is 0 Å². The molecule has 0 saturated carbocycles. The van der Waals surface area contributed by atoms with E-state index in [2.05, 4.69) is 33.0 Å². The fourth-order valence-corrected chi connectivity index (χ4v) is 2.29. The number of amides is 1. The van der Waals surface area contributed by atoms with E-state index < -0.39 is 8.38 Å². The Kier molecular flexibility index (Phi) is 11.2. The van der Waals surface area contributed by atoms with E-state index in [1.165, 1.54) is 6.92 Å². The molecule has 23 heavy (non-hydrogen) atoms. The van der Waals surface area contributed by atoms with Gasteiger partial charge in [-0.25, -0.2) is 0 Å². The summed E-state index contributed by atoms with van der Waals surface area (Å²) in [5, 5.41) is 2.70. The zero-order valence-corrected chi connectivity index (χ0v) is 16.6. The van der Waals surface area contributed by atoms with E-state index in [0.717, 1.165) is 0 Å². The van der Waals surface area contributed by atoms with Gasteiger partial charge in [0.1, 0.15) is 0 Å². The van der Waals surface area contributed by atoms with Crippen molar-refractivity contribution < 1.29 is 23.3 Å². The Bertz CT molecular complexity index is 336. The molecule has 0 aromatic rings. The molecule has 0 aromatic carbocycles. The lowest BCUT2D eigenvalue weighted by Gasteiger charge is -2.29. The van der Waals surface area contributed by atoms with Crippen LogP contribution in [0, 0.1) is 10.8 Å². The Labute approximate surface area is 142 Å². The van der Waals surface area contributed by atoms with Gasteiger partial charge < -0.3 is 23.8 Å². The third kappa shape index (κ3) is 13.8. The van der Waals surface area contributed by atoms with Crippen LogP contribution >= 0.6 is 8.38 Å². The van der Waals surface area contributed by atoms with Gasteiger partial charge in [-0.1, -0.05) is 27.7 Å². The summed E-state index contributed by atoms with van der Waals surface area (Å²) in [4.78, 5) is 10.8. The van der Waals surface area contributed by atoms with Gasteiger partial charge in [0.15, 0.2) is 8.38 Å². The van der Waals surface area contributed by atoms with Crippen LogP contribution in [-0.2, 0) is 23.3 Å². The lowest BCUT2D eigenvalue weighted by atomic mass is 9.94. The van der Waals surface area contributed by atoms with Gasteiger partial charge in [0.2, 0.25) is 5.91 Å². The van der Waals surface area contributed by atoms with E-state index in [1.54, 1.807) is 7.11 Å². The van der Waals surface area contributed by atoms with Crippen LogP contribution in [0.5, 0.6) is 0 Å². The lowest BCUT2D eigenvalue weighted by molar-refractivity contribution is -0.119. The Balaban J connectivity index is 3.88. The van der Waals surface area contributed by atoms with Crippen molar-refractivity contribution >= 4 is 14.3 Å². The molecule has 0 radical (unpaired) electrons. The summed E-state index contributed by atoms with van der Waals surface area (Å²) >= 11 is 0. The lowest BCUT2D eigenvalue weighted by Crippen LogP contribution is -2.32. The van der Waals surface area contributed by atoms with Gasteiger partial charge in [0.05, 0.1) is 33.0 Å². The van der Waals surface area contributed by atoms with Gasteiger partial charge in [-0.3, -0.25) is 4.79 Å². The van der Waals surface area contributed by atoms with Crippen LogP contribution in [0.4, 0.5) is 0 Å². The molecule has 0 bridgehead atoms. The van der Waals surface area contributed by atoms with E-state index in [1.807, 2.05) is 6.66 Å². The predicted molar refractivity (Wildman–Crippen MR) is 93.7 cm³/mol. The summed E-state index contributed by atoms with van der Waals surface area (Å²) in [5.41, 5.74) is -0.130. The first kappa shape index (κ1) is 22.7. The van der Waals surface area contributed by atoms with E-state index in [4.69, 9.17) is 18.5 Å². The van der Waals surface area contributed by atoms with Crippen molar-refractivity contribution in [3.8, 4) is 0 Å². The zero-order valence-electron chi connectivity index (χ0n) is 15.7. The first-order chi connectivity index (χ1) is 10.6. The van der Waals surface area contributed by atoms with Crippen molar-refractivity contribution in [3.05, 3.63) is 0 Å². The van der Waals surface area contributed by atoms with E-state index in [9.17, 15) is 4.79 Å². The molecule has 138 valence electrons. The number of carbonyl (C=O) groups excluding carboxylic acids is 1. The third-order valence-electron chi connectivity index (χ3n) is 2.99. The third-order valence-corrected chi connectivity index (χ3v) is 4.00. The average molecular weight is 351 g/mol. The van der Waals surface area contributed by atoms with E-state index in [0.29, 0.717) is 39.6 Å². The van der Waals surface area contributed by atoms with Gasteiger partial charge >= 0.3 is 0 Å². The molecule has 1 atom stereocenters. The summed E-state index contributed by atoms with van der Waals surface area (Å²) in [6.45, 7) is 15.4. The second-order valence-electron chi connectivity index (χ2n) is 7.25. The topological polar surface area (TPSA) is 66.0 Å². The highest BCUT2D eigenvalue weighted by molar-refractivity contribution is 7.46. The quantitative estimate of drug-likeness (QED) is 0.408. The Morgan fingerprint density at radius 1 is 1.00 bits per heavy atom. The summed E-state index contributed by atoms with van der Waals surface area (Å²) < 4.78 is 22.2. The summed E-state index contributed by atoms with van der Waals surface area (Å²) in [5.74, 6) is -0.0372. The number of carbonyl (C=O) groups is 1. The molecule has 0 fully saturated rings. The van der Waals surface area contributed by atoms with Crippen molar-refractivity contribution in [1.82, 2.24) is 5.32 Å². The van der Waals surface area contributed by atoms with Crippen LogP contribution in [0.1, 0.15) is 34.6 Å². The molecule has 0 aliphatic heterocycles. The number of rotatable bonds is 13. The fourth-order valence-electron chi connectivity index (χ4n) is 1.65. The fraction of sp³-hybridized carbons (Fsp3) is 0.938. The predicted octanol–water partition coefficient (Wildman–Crippen LogP) is 2.81. The highest BCUT2D eigenvalue weighted by atomic mass is 31.2. The standard InChI is InChI=1S/C16H34NO5P/c1-14(18)17-8-9-20-10-15(2,3)11-21-12-16(4,5)13-22-23(7)19-6/h8-13H2,1-7H3,(H,17,18). The summed E-state index contributed by atoms with van der Waals surface area (Å²) in [7, 11) is 0.854. The van der Waals surface area contributed by atoms with Gasteiger partial charge in [0, 0.05) is 38.1 Å². The molecule has 1 N–H and O–H groups in total. The van der Waals surface area contributed by atoms with Crippen molar-refractivity contribution in [1.29, 1.82) is 0 Å². The minimum Gasteiger partial charge on any atom is -0.380 e. The minimum absolute atomic E-state index is 0.0372. The highest BCUT2D eigenvalue weighted by Gasteiger charge is 2.24.